The van der Waals surface area contributed by atoms with Crippen LogP contribution in [0.2, 0.25) is 10.4 Å². The molecule has 0 spiro atoms. The van der Waals surface area contributed by atoms with Gasteiger partial charge in [0.15, 0.2) is 11.0 Å². The zero-order valence-electron chi connectivity index (χ0n) is 17.3. The SMILES string of the molecule is CN(c1nc(Cl)nc2c(F)c(Cl)ncc12)C1CC2CCC(C1)N2C(=O)OC(C)(C)C. The van der Waals surface area contributed by atoms with Gasteiger partial charge in [0.25, 0.3) is 0 Å². The highest BCUT2D eigenvalue weighted by Crippen LogP contribution is 2.40. The first-order valence-corrected chi connectivity index (χ1v) is 10.7. The van der Waals surface area contributed by atoms with Crippen LogP contribution in [0.4, 0.5) is 15.0 Å². The second kappa shape index (κ2) is 7.64. The number of hydrogen-bond acceptors (Lipinski definition) is 6. The number of amides is 1. The molecular weight excluding hydrogens is 432 g/mol. The number of fused-ring (bicyclic) bond motifs is 3. The molecule has 0 radical (unpaired) electrons. The standard InChI is InChI=1S/C20H24Cl2FN5O2/c1-20(2,3)30-19(29)28-10-5-6-11(28)8-12(7-10)27(4)17-13-9-24-16(21)14(23)15(13)25-18(22)26-17/h9-12H,5-8H2,1-4H3. The van der Waals surface area contributed by atoms with Gasteiger partial charge in [-0.05, 0) is 58.1 Å². The maximum atomic E-state index is 14.5. The van der Waals surface area contributed by atoms with Crippen LogP contribution in [0.1, 0.15) is 46.5 Å². The molecule has 2 saturated heterocycles. The number of carbonyl (C=O) groups excluding carboxylic acids is 1. The fourth-order valence-corrected chi connectivity index (χ4v) is 4.81. The lowest BCUT2D eigenvalue weighted by atomic mass is 9.96. The first-order chi connectivity index (χ1) is 14.0. The smallest absolute Gasteiger partial charge is 0.410 e. The number of anilines is 1. The number of nitrogens with zero attached hydrogens (tertiary/aromatic N) is 5. The second-order valence-electron chi connectivity index (χ2n) is 8.95. The van der Waals surface area contributed by atoms with Crippen LogP contribution in [0, 0.1) is 5.82 Å². The van der Waals surface area contributed by atoms with E-state index in [2.05, 4.69) is 15.0 Å². The van der Waals surface area contributed by atoms with Crippen molar-refractivity contribution in [2.24, 2.45) is 0 Å². The predicted octanol–water partition coefficient (Wildman–Crippen LogP) is 4.84. The lowest BCUT2D eigenvalue weighted by Crippen LogP contribution is -2.53. The molecule has 162 valence electrons. The maximum absolute atomic E-state index is 14.5. The molecule has 4 heterocycles. The minimum Gasteiger partial charge on any atom is -0.444 e. The highest BCUT2D eigenvalue weighted by Gasteiger charge is 2.46. The minimum atomic E-state index is -0.715. The molecule has 2 aliphatic rings. The summed E-state index contributed by atoms with van der Waals surface area (Å²) in [4.78, 5) is 28.8. The monoisotopic (exact) mass is 455 g/mol. The summed E-state index contributed by atoms with van der Waals surface area (Å²) in [6.07, 6.45) is 4.61. The molecule has 4 rings (SSSR count). The Balaban J connectivity index is 1.60. The van der Waals surface area contributed by atoms with Crippen LogP contribution in [0.3, 0.4) is 0 Å². The zero-order chi connectivity index (χ0) is 21.8. The number of piperidine rings is 1. The Kier molecular flexibility index (Phi) is 5.43. The van der Waals surface area contributed by atoms with Crippen molar-refractivity contribution >= 4 is 46.0 Å². The summed E-state index contributed by atoms with van der Waals surface area (Å²) in [6.45, 7) is 5.62. The van der Waals surface area contributed by atoms with Gasteiger partial charge in [-0.2, -0.15) is 4.98 Å². The molecule has 10 heteroatoms. The molecule has 2 aromatic rings. The number of carbonyl (C=O) groups is 1. The van der Waals surface area contributed by atoms with E-state index in [9.17, 15) is 9.18 Å². The molecular formula is C20H24Cl2FN5O2. The normalized spacial score (nSPS) is 23.7. The first-order valence-electron chi connectivity index (χ1n) is 9.96. The lowest BCUT2D eigenvalue weighted by molar-refractivity contribution is 0.00598. The number of rotatable bonds is 2. The summed E-state index contributed by atoms with van der Waals surface area (Å²) in [5.74, 6) is -0.212. The van der Waals surface area contributed by atoms with Crippen LogP contribution in [-0.2, 0) is 4.74 Å². The molecule has 0 N–H and O–H groups in total. The van der Waals surface area contributed by atoms with Gasteiger partial charge in [-0.3, -0.25) is 0 Å². The van der Waals surface area contributed by atoms with Gasteiger partial charge in [-0.25, -0.2) is 19.2 Å². The van der Waals surface area contributed by atoms with Crippen molar-refractivity contribution in [1.82, 2.24) is 19.9 Å². The Morgan fingerprint density at radius 1 is 1.23 bits per heavy atom. The third-order valence-corrected chi connectivity index (χ3v) is 6.22. The van der Waals surface area contributed by atoms with Crippen molar-refractivity contribution in [2.45, 2.75) is 70.2 Å². The van der Waals surface area contributed by atoms with Crippen molar-refractivity contribution < 1.29 is 13.9 Å². The Morgan fingerprint density at radius 3 is 2.47 bits per heavy atom. The molecule has 2 fully saturated rings. The molecule has 30 heavy (non-hydrogen) atoms. The fraction of sp³-hybridized carbons (Fsp3) is 0.600. The van der Waals surface area contributed by atoms with Crippen LogP contribution in [-0.4, -0.2) is 56.7 Å². The third kappa shape index (κ3) is 3.87. The van der Waals surface area contributed by atoms with Crippen LogP contribution in [0.25, 0.3) is 10.9 Å². The summed E-state index contributed by atoms with van der Waals surface area (Å²) >= 11 is 11.9. The largest absolute Gasteiger partial charge is 0.444 e. The molecule has 0 aromatic carbocycles. The third-order valence-electron chi connectivity index (χ3n) is 5.79. The summed E-state index contributed by atoms with van der Waals surface area (Å²) in [5.41, 5.74) is -0.481. The average Bonchev–Trinajstić information content (AvgIpc) is 2.92. The number of ether oxygens (including phenoxy) is 1. The number of aromatic nitrogens is 3. The Hall–Kier alpha value is -1.93. The van der Waals surface area contributed by atoms with E-state index < -0.39 is 11.4 Å². The summed E-state index contributed by atoms with van der Waals surface area (Å²) < 4.78 is 20.1. The predicted molar refractivity (Wildman–Crippen MR) is 114 cm³/mol. The maximum Gasteiger partial charge on any atom is 0.410 e. The van der Waals surface area contributed by atoms with E-state index in [0.717, 1.165) is 25.7 Å². The van der Waals surface area contributed by atoms with Crippen molar-refractivity contribution in [2.75, 3.05) is 11.9 Å². The van der Waals surface area contributed by atoms with Gasteiger partial charge < -0.3 is 14.5 Å². The molecule has 2 bridgehead atoms. The first kappa shape index (κ1) is 21.3. The Morgan fingerprint density at radius 2 is 1.87 bits per heavy atom. The molecule has 2 unspecified atom stereocenters. The fourth-order valence-electron chi connectivity index (χ4n) is 4.51. The van der Waals surface area contributed by atoms with Crippen LogP contribution >= 0.6 is 23.2 Å². The Labute approximate surface area is 184 Å². The van der Waals surface area contributed by atoms with Crippen molar-refractivity contribution in [3.8, 4) is 0 Å². The molecule has 7 nitrogen and oxygen atoms in total. The quantitative estimate of drug-likeness (QED) is 0.476. The second-order valence-corrected chi connectivity index (χ2v) is 9.65. The van der Waals surface area contributed by atoms with Crippen molar-refractivity contribution in [3.05, 3.63) is 22.5 Å². The number of halogens is 3. The lowest BCUT2D eigenvalue weighted by Gasteiger charge is -2.42. The molecule has 0 aliphatic carbocycles. The van der Waals surface area contributed by atoms with E-state index in [1.165, 1.54) is 6.20 Å². The van der Waals surface area contributed by atoms with Crippen LogP contribution < -0.4 is 4.90 Å². The molecule has 2 aliphatic heterocycles. The number of hydrogen-bond donors (Lipinski definition) is 0. The minimum absolute atomic E-state index is 0.0472. The van der Waals surface area contributed by atoms with E-state index in [4.69, 9.17) is 27.9 Å². The average molecular weight is 456 g/mol. The topological polar surface area (TPSA) is 71.5 Å². The summed E-state index contributed by atoms with van der Waals surface area (Å²) in [5, 5.41) is 0.139. The van der Waals surface area contributed by atoms with Gasteiger partial charge in [-0.15, -0.1) is 0 Å². The summed E-state index contributed by atoms with van der Waals surface area (Å²) in [6, 6.07) is 0.298. The van der Waals surface area contributed by atoms with E-state index in [1.54, 1.807) is 0 Å². The van der Waals surface area contributed by atoms with Crippen molar-refractivity contribution in [1.29, 1.82) is 0 Å². The van der Waals surface area contributed by atoms with Gasteiger partial charge in [0.2, 0.25) is 5.28 Å². The van der Waals surface area contributed by atoms with Crippen LogP contribution in [0.15, 0.2) is 6.20 Å². The van der Waals surface area contributed by atoms with E-state index in [0.29, 0.717) is 11.2 Å². The molecule has 1 amide bonds. The van der Waals surface area contributed by atoms with Crippen molar-refractivity contribution in [3.63, 3.8) is 0 Å². The van der Waals surface area contributed by atoms with E-state index in [1.807, 2.05) is 37.6 Å². The van der Waals surface area contributed by atoms with Gasteiger partial charge in [0.05, 0.1) is 5.39 Å². The highest BCUT2D eigenvalue weighted by molar-refractivity contribution is 6.30. The molecule has 0 saturated carbocycles. The summed E-state index contributed by atoms with van der Waals surface area (Å²) in [7, 11) is 1.90. The van der Waals surface area contributed by atoms with E-state index in [-0.39, 0.29) is 40.2 Å². The van der Waals surface area contributed by atoms with Crippen LogP contribution in [0.5, 0.6) is 0 Å². The van der Waals surface area contributed by atoms with Gasteiger partial charge in [0, 0.05) is 31.4 Å². The van der Waals surface area contributed by atoms with Gasteiger partial charge in [-0.1, -0.05) is 11.6 Å². The molecule has 2 aromatic heterocycles. The zero-order valence-corrected chi connectivity index (χ0v) is 18.8. The van der Waals surface area contributed by atoms with Gasteiger partial charge >= 0.3 is 6.09 Å². The molecule has 2 atom stereocenters. The van der Waals surface area contributed by atoms with E-state index >= 15 is 0 Å². The Bertz CT molecular complexity index is 985. The highest BCUT2D eigenvalue weighted by atomic mass is 35.5. The number of pyridine rings is 1. The van der Waals surface area contributed by atoms with Gasteiger partial charge in [0.1, 0.15) is 16.9 Å².